The van der Waals surface area contributed by atoms with Gasteiger partial charge in [0.2, 0.25) is 10.0 Å². The lowest BCUT2D eigenvalue weighted by molar-refractivity contribution is -0.896. The predicted octanol–water partition coefficient (Wildman–Crippen LogP) is 1.41. The Labute approximate surface area is 180 Å². The Bertz CT molecular complexity index is 984. The van der Waals surface area contributed by atoms with Crippen molar-refractivity contribution >= 4 is 15.9 Å². The molecule has 2 aromatic rings. The number of nitrogens with one attached hydrogen (secondary N) is 1. The van der Waals surface area contributed by atoms with E-state index in [9.17, 15) is 13.2 Å². The minimum atomic E-state index is -3.51. The van der Waals surface area contributed by atoms with Gasteiger partial charge in [0, 0.05) is 7.05 Å². The summed E-state index contributed by atoms with van der Waals surface area (Å²) in [7, 11) is -1.67. The number of carbonyl (C=O) groups excluding carboxylic acids is 1. The van der Waals surface area contributed by atoms with E-state index in [2.05, 4.69) is 0 Å². The summed E-state index contributed by atoms with van der Waals surface area (Å²) in [6, 6.07) is 15.5. The first kappa shape index (κ1) is 22.5. The lowest BCUT2D eigenvalue weighted by atomic mass is 10.1. The molecule has 0 aliphatic carbocycles. The van der Waals surface area contributed by atoms with E-state index in [0.29, 0.717) is 37.6 Å². The molecule has 1 amide bonds. The molecule has 6 nitrogen and oxygen atoms in total. The molecule has 30 heavy (non-hydrogen) atoms. The standard InChI is InChI=1S/C23H31N3O3S/c1-18-10-11-19(2)22(16-18)30(28,29)26-14-12-25(13-15-26)17-23(27)24(4)20(3)21-8-6-5-7-9-21/h5-11,16,20H,12-15,17H2,1-4H3/p+1/t20-/m0/s1. The van der Waals surface area contributed by atoms with E-state index in [0.717, 1.165) is 21.6 Å². The number of amides is 1. The number of piperazine rings is 1. The van der Waals surface area contributed by atoms with Gasteiger partial charge >= 0.3 is 0 Å². The van der Waals surface area contributed by atoms with Gasteiger partial charge in [-0.2, -0.15) is 4.31 Å². The molecule has 7 heteroatoms. The highest BCUT2D eigenvalue weighted by atomic mass is 32.2. The number of likely N-dealkylation sites (N-methyl/N-ethyl adjacent to an activating group) is 1. The summed E-state index contributed by atoms with van der Waals surface area (Å²) in [5.41, 5.74) is 2.81. The second-order valence-corrected chi connectivity index (χ2v) is 10.1. The molecule has 1 N–H and O–H groups in total. The Morgan fingerprint density at radius 3 is 2.37 bits per heavy atom. The van der Waals surface area contributed by atoms with Gasteiger partial charge in [-0.15, -0.1) is 0 Å². The third-order valence-electron chi connectivity index (χ3n) is 6.05. The normalized spacial score (nSPS) is 16.9. The molecule has 0 spiro atoms. The summed E-state index contributed by atoms with van der Waals surface area (Å²) in [6.07, 6.45) is 0. The Morgan fingerprint density at radius 2 is 1.73 bits per heavy atom. The maximum atomic E-state index is 13.1. The molecule has 3 rings (SSSR count). The molecule has 2 aromatic carbocycles. The van der Waals surface area contributed by atoms with Crippen LogP contribution in [-0.4, -0.2) is 63.3 Å². The molecule has 1 atom stereocenters. The van der Waals surface area contributed by atoms with Gasteiger partial charge in [0.25, 0.3) is 5.91 Å². The van der Waals surface area contributed by atoms with E-state index in [1.54, 1.807) is 15.3 Å². The molecule has 1 heterocycles. The number of carbonyl (C=O) groups is 1. The summed E-state index contributed by atoms with van der Waals surface area (Å²) in [4.78, 5) is 16.1. The highest BCUT2D eigenvalue weighted by Crippen LogP contribution is 2.21. The van der Waals surface area contributed by atoms with E-state index >= 15 is 0 Å². The molecule has 0 radical (unpaired) electrons. The molecule has 0 bridgehead atoms. The molecule has 0 aromatic heterocycles. The topological polar surface area (TPSA) is 62.1 Å². The zero-order chi connectivity index (χ0) is 21.9. The van der Waals surface area contributed by atoms with Gasteiger partial charge in [0.05, 0.1) is 37.1 Å². The highest BCUT2D eigenvalue weighted by Gasteiger charge is 2.32. The minimum absolute atomic E-state index is 0.00376. The summed E-state index contributed by atoms with van der Waals surface area (Å²) in [5.74, 6) is 0.0761. The Kier molecular flexibility index (Phi) is 6.95. The number of rotatable bonds is 6. The first-order valence-corrected chi connectivity index (χ1v) is 11.9. The molecule has 162 valence electrons. The predicted molar refractivity (Wildman–Crippen MR) is 118 cm³/mol. The smallest absolute Gasteiger partial charge is 0.278 e. The van der Waals surface area contributed by atoms with Gasteiger partial charge in [-0.05, 0) is 43.5 Å². The second-order valence-electron chi connectivity index (χ2n) is 8.19. The fourth-order valence-corrected chi connectivity index (χ4v) is 5.60. The monoisotopic (exact) mass is 430 g/mol. The first-order valence-electron chi connectivity index (χ1n) is 10.4. The maximum Gasteiger partial charge on any atom is 0.278 e. The first-order chi connectivity index (χ1) is 14.2. The number of benzene rings is 2. The Balaban J connectivity index is 1.59. The van der Waals surface area contributed by atoms with Crippen molar-refractivity contribution in [3.63, 3.8) is 0 Å². The third-order valence-corrected chi connectivity index (χ3v) is 8.09. The van der Waals surface area contributed by atoms with Crippen LogP contribution in [0.5, 0.6) is 0 Å². The van der Waals surface area contributed by atoms with E-state index in [1.165, 1.54) is 0 Å². The highest BCUT2D eigenvalue weighted by molar-refractivity contribution is 7.89. The van der Waals surface area contributed by atoms with Gasteiger partial charge in [-0.1, -0.05) is 42.5 Å². The third kappa shape index (κ3) is 4.91. The molecular formula is C23H32N3O3S+. The van der Waals surface area contributed by atoms with Crippen molar-refractivity contribution in [1.82, 2.24) is 9.21 Å². The van der Waals surface area contributed by atoms with E-state index in [4.69, 9.17) is 0 Å². The average Bonchev–Trinajstić information content (AvgIpc) is 2.75. The van der Waals surface area contributed by atoms with Crippen molar-refractivity contribution in [2.24, 2.45) is 0 Å². The number of quaternary nitrogens is 1. The van der Waals surface area contributed by atoms with Crippen molar-refractivity contribution in [2.45, 2.75) is 31.7 Å². The molecule has 1 aliphatic rings. The summed E-state index contributed by atoms with van der Waals surface area (Å²) < 4.78 is 27.7. The number of nitrogens with zero attached hydrogens (tertiary/aromatic N) is 2. The van der Waals surface area contributed by atoms with Crippen molar-refractivity contribution in [3.05, 3.63) is 65.2 Å². The summed E-state index contributed by atoms with van der Waals surface area (Å²) in [6.45, 7) is 8.25. The zero-order valence-corrected chi connectivity index (χ0v) is 19.1. The largest absolute Gasteiger partial charge is 0.334 e. The van der Waals surface area contributed by atoms with Crippen LogP contribution < -0.4 is 4.90 Å². The lowest BCUT2D eigenvalue weighted by Crippen LogP contribution is -3.15. The molecule has 0 unspecified atom stereocenters. The van der Waals surface area contributed by atoms with Crippen LogP contribution in [0.3, 0.4) is 0 Å². The van der Waals surface area contributed by atoms with Crippen molar-refractivity contribution in [1.29, 1.82) is 0 Å². The molecule has 1 aliphatic heterocycles. The van der Waals surface area contributed by atoms with E-state index < -0.39 is 10.0 Å². The fraction of sp³-hybridized carbons (Fsp3) is 0.435. The van der Waals surface area contributed by atoms with Crippen LogP contribution in [0.4, 0.5) is 0 Å². The summed E-state index contributed by atoms with van der Waals surface area (Å²) in [5, 5.41) is 0. The number of sulfonamides is 1. The number of hydrogen-bond donors (Lipinski definition) is 1. The van der Waals surface area contributed by atoms with Gasteiger partial charge < -0.3 is 9.80 Å². The van der Waals surface area contributed by atoms with Crippen LogP contribution in [0.15, 0.2) is 53.4 Å². The van der Waals surface area contributed by atoms with E-state index in [-0.39, 0.29) is 11.9 Å². The Morgan fingerprint density at radius 1 is 1.10 bits per heavy atom. The van der Waals surface area contributed by atoms with Gasteiger partial charge in [-0.25, -0.2) is 8.42 Å². The molecule has 0 saturated carbocycles. The number of aryl methyl sites for hydroxylation is 2. The fourth-order valence-electron chi connectivity index (χ4n) is 3.85. The maximum absolute atomic E-state index is 13.1. The summed E-state index contributed by atoms with van der Waals surface area (Å²) >= 11 is 0. The van der Waals surface area contributed by atoms with E-state index in [1.807, 2.05) is 70.3 Å². The van der Waals surface area contributed by atoms with Crippen LogP contribution in [0.2, 0.25) is 0 Å². The Hall–Kier alpha value is -2.22. The quantitative estimate of drug-likeness (QED) is 0.754. The SMILES string of the molecule is Cc1ccc(C)c(S(=O)(=O)N2CC[NH+](CC(=O)N(C)[C@@H](C)c3ccccc3)CC2)c1. The number of hydrogen-bond acceptors (Lipinski definition) is 3. The van der Waals surface area contributed by atoms with Gasteiger partial charge in [0.15, 0.2) is 6.54 Å². The van der Waals surface area contributed by atoms with Crippen LogP contribution in [-0.2, 0) is 14.8 Å². The zero-order valence-electron chi connectivity index (χ0n) is 18.3. The van der Waals surface area contributed by atoms with Crippen molar-refractivity contribution < 1.29 is 18.1 Å². The van der Waals surface area contributed by atoms with Crippen LogP contribution in [0.25, 0.3) is 0 Å². The minimum Gasteiger partial charge on any atom is -0.334 e. The second kappa shape index (κ2) is 9.29. The average molecular weight is 431 g/mol. The molecule has 1 fully saturated rings. The lowest BCUT2D eigenvalue weighted by Gasteiger charge is -2.33. The van der Waals surface area contributed by atoms with Crippen molar-refractivity contribution in [2.75, 3.05) is 39.8 Å². The van der Waals surface area contributed by atoms with Crippen molar-refractivity contribution in [3.8, 4) is 0 Å². The molecule has 1 saturated heterocycles. The molecular weight excluding hydrogens is 398 g/mol. The van der Waals surface area contributed by atoms with Crippen LogP contribution >= 0.6 is 0 Å². The van der Waals surface area contributed by atoms with Crippen LogP contribution in [0.1, 0.15) is 29.7 Å². The van der Waals surface area contributed by atoms with Crippen LogP contribution in [0, 0.1) is 13.8 Å². The van der Waals surface area contributed by atoms with Gasteiger partial charge in [-0.3, -0.25) is 4.79 Å². The van der Waals surface area contributed by atoms with Gasteiger partial charge in [0.1, 0.15) is 0 Å².